The molecular weight excluding hydrogens is 173 g/mol. The van der Waals surface area contributed by atoms with Crippen LogP contribution in [0.15, 0.2) is 18.2 Å². The van der Waals surface area contributed by atoms with Gasteiger partial charge in [0.25, 0.3) is 0 Å². The van der Waals surface area contributed by atoms with Crippen molar-refractivity contribution in [2.75, 3.05) is 36.8 Å². The smallest absolute Gasteiger partial charge is 0.142 e. The van der Waals surface area contributed by atoms with Gasteiger partial charge < -0.3 is 16.0 Å². The van der Waals surface area contributed by atoms with E-state index >= 15 is 0 Å². The number of rotatable bonds is 1. The summed E-state index contributed by atoms with van der Waals surface area (Å²) in [5, 5.41) is 3.35. The third-order valence-corrected chi connectivity index (χ3v) is 2.68. The fourth-order valence-corrected chi connectivity index (χ4v) is 1.94. The molecule has 0 unspecified atom stereocenters. The highest BCUT2D eigenvalue weighted by Crippen LogP contribution is 2.13. The lowest BCUT2D eigenvalue weighted by molar-refractivity contribution is 0.590. The summed E-state index contributed by atoms with van der Waals surface area (Å²) in [5.74, 6) is 0. The Hall–Kier alpha value is -1.16. The van der Waals surface area contributed by atoms with Gasteiger partial charge in [-0.2, -0.15) is 0 Å². The lowest BCUT2D eigenvalue weighted by atomic mass is 9.92. The van der Waals surface area contributed by atoms with E-state index in [4.69, 9.17) is 5.73 Å². The van der Waals surface area contributed by atoms with Crippen LogP contribution in [0.1, 0.15) is 0 Å². The Morgan fingerprint density at radius 1 is 1.29 bits per heavy atom. The topological polar surface area (TPSA) is 41.3 Å². The van der Waals surface area contributed by atoms with Crippen molar-refractivity contribution in [3.05, 3.63) is 18.2 Å². The molecule has 1 aromatic carbocycles. The Bertz CT molecular complexity index is 321. The van der Waals surface area contributed by atoms with E-state index in [0.29, 0.717) is 0 Å². The molecule has 0 aromatic heterocycles. The zero-order chi connectivity index (χ0) is 9.97. The summed E-state index contributed by atoms with van der Waals surface area (Å²) in [6.07, 6.45) is 0. The molecule has 0 radical (unpaired) electrons. The van der Waals surface area contributed by atoms with E-state index in [9.17, 15) is 0 Å². The second-order valence-electron chi connectivity index (χ2n) is 3.78. The molecular formula is C10H16BN3. The molecule has 0 atom stereocenters. The number of hydrogen-bond donors (Lipinski definition) is 2. The molecule has 0 aliphatic carbocycles. The van der Waals surface area contributed by atoms with Crippen LogP contribution >= 0.6 is 0 Å². The first-order chi connectivity index (χ1) is 6.77. The van der Waals surface area contributed by atoms with Gasteiger partial charge in [-0.25, -0.2) is 0 Å². The Kier molecular flexibility index (Phi) is 2.63. The van der Waals surface area contributed by atoms with Gasteiger partial charge in [0.05, 0.1) is 0 Å². The predicted molar refractivity (Wildman–Crippen MR) is 64.1 cm³/mol. The van der Waals surface area contributed by atoms with Crippen molar-refractivity contribution in [3.63, 3.8) is 0 Å². The Labute approximate surface area is 85.7 Å². The van der Waals surface area contributed by atoms with Crippen LogP contribution in [-0.4, -0.2) is 34.0 Å². The third-order valence-electron chi connectivity index (χ3n) is 2.68. The van der Waals surface area contributed by atoms with Gasteiger partial charge in [-0.1, -0.05) is 5.46 Å². The standard InChI is InChI=1S/C10H16BN3/c11-9-7-8(12)1-2-10(9)14-5-3-13-4-6-14/h1-2,7,13H,3-6,11-12H2. The zero-order valence-corrected chi connectivity index (χ0v) is 8.59. The predicted octanol–water partition coefficient (Wildman–Crippen LogP) is -1.06. The van der Waals surface area contributed by atoms with Crippen molar-refractivity contribution in [1.29, 1.82) is 0 Å². The first-order valence-electron chi connectivity index (χ1n) is 5.09. The molecule has 1 aromatic rings. The highest BCUT2D eigenvalue weighted by molar-refractivity contribution is 6.36. The maximum Gasteiger partial charge on any atom is 0.142 e. The van der Waals surface area contributed by atoms with E-state index in [2.05, 4.69) is 24.1 Å². The minimum Gasteiger partial charge on any atom is -0.399 e. The first kappa shape index (κ1) is 9.40. The normalized spacial score (nSPS) is 17.0. The Morgan fingerprint density at radius 2 is 2.00 bits per heavy atom. The van der Waals surface area contributed by atoms with E-state index in [1.165, 1.54) is 11.2 Å². The Balaban J connectivity index is 2.22. The molecule has 4 heteroatoms. The maximum absolute atomic E-state index is 5.73. The van der Waals surface area contributed by atoms with Gasteiger partial charge in [-0.3, -0.25) is 0 Å². The molecule has 0 spiro atoms. The average molecular weight is 189 g/mol. The van der Waals surface area contributed by atoms with Crippen LogP contribution in [0.2, 0.25) is 0 Å². The molecule has 0 bridgehead atoms. The lowest BCUT2D eigenvalue weighted by Gasteiger charge is -2.30. The van der Waals surface area contributed by atoms with Gasteiger partial charge in [0.1, 0.15) is 7.85 Å². The SMILES string of the molecule is Bc1cc(N)ccc1N1CCNCC1. The molecule has 1 aliphatic heterocycles. The molecule has 74 valence electrons. The third kappa shape index (κ3) is 1.85. The van der Waals surface area contributed by atoms with Crippen LogP contribution in [0.25, 0.3) is 0 Å². The van der Waals surface area contributed by atoms with Crippen molar-refractivity contribution < 1.29 is 0 Å². The number of piperazine rings is 1. The summed E-state index contributed by atoms with van der Waals surface area (Å²) < 4.78 is 0. The number of benzene rings is 1. The van der Waals surface area contributed by atoms with Crippen molar-refractivity contribution in [3.8, 4) is 0 Å². The van der Waals surface area contributed by atoms with Crippen LogP contribution in [0.4, 0.5) is 11.4 Å². The number of nitrogens with one attached hydrogen (secondary N) is 1. The average Bonchev–Trinajstić information content (AvgIpc) is 2.19. The number of nitrogens with two attached hydrogens (primary N) is 1. The quantitative estimate of drug-likeness (QED) is 0.437. The van der Waals surface area contributed by atoms with Crippen molar-refractivity contribution in [1.82, 2.24) is 5.32 Å². The Morgan fingerprint density at radius 3 is 2.64 bits per heavy atom. The maximum atomic E-state index is 5.73. The van der Waals surface area contributed by atoms with Gasteiger partial charge in [0, 0.05) is 37.6 Å². The van der Waals surface area contributed by atoms with Crippen molar-refractivity contribution in [2.24, 2.45) is 0 Å². The molecule has 3 N–H and O–H groups in total. The lowest BCUT2D eigenvalue weighted by Crippen LogP contribution is -2.45. The monoisotopic (exact) mass is 189 g/mol. The summed E-state index contributed by atoms with van der Waals surface area (Å²) >= 11 is 0. The van der Waals surface area contributed by atoms with E-state index in [1.54, 1.807) is 0 Å². The highest BCUT2D eigenvalue weighted by atomic mass is 15.2. The number of nitrogens with zero attached hydrogens (tertiary/aromatic N) is 1. The molecule has 1 heterocycles. The summed E-state index contributed by atoms with van der Waals surface area (Å²) in [7, 11) is 2.12. The summed E-state index contributed by atoms with van der Waals surface area (Å²) in [6, 6.07) is 6.14. The molecule has 0 saturated carbocycles. The largest absolute Gasteiger partial charge is 0.399 e. The summed E-state index contributed by atoms with van der Waals surface area (Å²) in [4.78, 5) is 2.41. The molecule has 1 aliphatic rings. The minimum atomic E-state index is 0.849. The molecule has 0 amide bonds. The molecule has 2 rings (SSSR count). The van der Waals surface area contributed by atoms with Crippen LogP contribution in [0, 0.1) is 0 Å². The first-order valence-corrected chi connectivity index (χ1v) is 5.09. The van der Waals surface area contributed by atoms with E-state index < -0.39 is 0 Å². The summed E-state index contributed by atoms with van der Waals surface area (Å²) in [6.45, 7) is 4.32. The van der Waals surface area contributed by atoms with Gasteiger partial charge in [-0.15, -0.1) is 0 Å². The van der Waals surface area contributed by atoms with E-state index in [0.717, 1.165) is 31.9 Å². The highest BCUT2D eigenvalue weighted by Gasteiger charge is 2.11. The van der Waals surface area contributed by atoms with E-state index in [-0.39, 0.29) is 0 Å². The van der Waals surface area contributed by atoms with Crippen LogP contribution in [0.5, 0.6) is 0 Å². The fraction of sp³-hybridized carbons (Fsp3) is 0.400. The van der Waals surface area contributed by atoms with Crippen LogP contribution in [0.3, 0.4) is 0 Å². The van der Waals surface area contributed by atoms with Crippen LogP contribution in [-0.2, 0) is 0 Å². The van der Waals surface area contributed by atoms with Gasteiger partial charge in [0.15, 0.2) is 0 Å². The fourth-order valence-electron chi connectivity index (χ4n) is 1.94. The van der Waals surface area contributed by atoms with Gasteiger partial charge >= 0.3 is 0 Å². The van der Waals surface area contributed by atoms with Crippen molar-refractivity contribution in [2.45, 2.75) is 0 Å². The van der Waals surface area contributed by atoms with Crippen molar-refractivity contribution >= 4 is 24.7 Å². The molecule has 1 saturated heterocycles. The molecule has 1 fully saturated rings. The van der Waals surface area contributed by atoms with Gasteiger partial charge in [-0.05, 0) is 18.2 Å². The zero-order valence-electron chi connectivity index (χ0n) is 8.59. The number of nitrogen functional groups attached to an aromatic ring is 1. The van der Waals surface area contributed by atoms with Crippen LogP contribution < -0.4 is 21.4 Å². The second kappa shape index (κ2) is 3.92. The molecule has 3 nitrogen and oxygen atoms in total. The molecule has 14 heavy (non-hydrogen) atoms. The van der Waals surface area contributed by atoms with E-state index in [1.807, 2.05) is 12.1 Å². The summed E-state index contributed by atoms with van der Waals surface area (Å²) in [5.41, 5.74) is 9.17. The van der Waals surface area contributed by atoms with Gasteiger partial charge in [0.2, 0.25) is 0 Å². The minimum absolute atomic E-state index is 0.849. The number of anilines is 2. The second-order valence-corrected chi connectivity index (χ2v) is 3.78. The number of hydrogen-bond acceptors (Lipinski definition) is 3.